The third-order valence-electron chi connectivity index (χ3n) is 0. The van der Waals surface area contributed by atoms with Gasteiger partial charge in [-0.15, -0.1) is 0 Å². The molecular formula is H24NiO12. The van der Waals surface area contributed by atoms with Crippen molar-refractivity contribution in [2.24, 2.45) is 0 Å². The van der Waals surface area contributed by atoms with E-state index in [1.54, 1.807) is 0 Å². The summed E-state index contributed by atoms with van der Waals surface area (Å²) < 4.78 is 0. The number of hydrogen-bond acceptors (Lipinski definition) is 0. The first-order valence-electron chi connectivity index (χ1n) is 0. The van der Waals surface area contributed by atoms with E-state index in [9.17, 15) is 0 Å². The van der Waals surface area contributed by atoms with Crippen molar-refractivity contribution in [2.45, 2.75) is 0 Å². The van der Waals surface area contributed by atoms with Crippen LogP contribution in [0.2, 0.25) is 0 Å². The Morgan fingerprint density at radius 2 is 0.154 bits per heavy atom. The van der Waals surface area contributed by atoms with Crippen molar-refractivity contribution >= 4 is 0 Å². The summed E-state index contributed by atoms with van der Waals surface area (Å²) in [5.41, 5.74) is 0. The fourth-order valence-electron chi connectivity index (χ4n) is 0. The van der Waals surface area contributed by atoms with Crippen LogP contribution in [0.3, 0.4) is 0 Å². The quantitative estimate of drug-likeness (QED) is 0.371. The molecule has 0 atom stereocenters. The van der Waals surface area contributed by atoms with Crippen LogP contribution in [-0.2, 0) is 16.5 Å². The standard InChI is InChI=1S/Ni.12H2O/h;12*1H2. The smallest absolute Gasteiger partial charge is 0 e. The van der Waals surface area contributed by atoms with Crippen LogP contribution in [-0.4, -0.2) is 65.7 Å². The molecule has 0 heterocycles. The third kappa shape index (κ3) is 6600000. The Labute approximate surface area is 83.2 Å². The molecule has 0 aliphatic carbocycles. The Morgan fingerprint density at radius 3 is 0.154 bits per heavy atom. The monoisotopic (exact) mass is 274 g/mol. The van der Waals surface area contributed by atoms with Gasteiger partial charge in [0.1, 0.15) is 0 Å². The molecule has 13 heteroatoms. The molecule has 24 N–H and O–H groups in total. The van der Waals surface area contributed by atoms with E-state index in [1.165, 1.54) is 0 Å². The van der Waals surface area contributed by atoms with E-state index in [-0.39, 0.29) is 82.2 Å². The van der Waals surface area contributed by atoms with Gasteiger partial charge in [0.25, 0.3) is 0 Å². The van der Waals surface area contributed by atoms with Gasteiger partial charge >= 0.3 is 0 Å². The van der Waals surface area contributed by atoms with Crippen molar-refractivity contribution in [1.82, 2.24) is 0 Å². The third-order valence-corrected chi connectivity index (χ3v) is 0. The van der Waals surface area contributed by atoms with Crippen LogP contribution in [0, 0.1) is 0 Å². The predicted molar refractivity (Wildman–Crippen MR) is 43.4 cm³/mol. The second-order valence-corrected chi connectivity index (χ2v) is 0. The summed E-state index contributed by atoms with van der Waals surface area (Å²) >= 11 is 0. The zero-order valence-electron chi connectivity index (χ0n) is 6.32. The van der Waals surface area contributed by atoms with Gasteiger partial charge in [0.05, 0.1) is 0 Å². The molecule has 13 heavy (non-hydrogen) atoms. The van der Waals surface area contributed by atoms with Gasteiger partial charge in [-0.25, -0.2) is 0 Å². The van der Waals surface area contributed by atoms with Crippen molar-refractivity contribution < 1.29 is 82.2 Å². The summed E-state index contributed by atoms with van der Waals surface area (Å²) in [6.45, 7) is 0. The zero-order chi connectivity index (χ0) is 0. The van der Waals surface area contributed by atoms with Crippen LogP contribution >= 0.6 is 0 Å². The Balaban J connectivity index is 0. The van der Waals surface area contributed by atoms with E-state index >= 15 is 0 Å². The second-order valence-electron chi connectivity index (χ2n) is 0. The maximum atomic E-state index is 0. The normalized spacial score (nSPS) is 0. The molecule has 0 aromatic heterocycles. The fourth-order valence-corrected chi connectivity index (χ4v) is 0. The molecule has 0 saturated heterocycles. The van der Waals surface area contributed by atoms with Crippen molar-refractivity contribution in [2.75, 3.05) is 0 Å². The van der Waals surface area contributed by atoms with Gasteiger partial charge in [0.15, 0.2) is 0 Å². The molecule has 0 saturated carbocycles. The van der Waals surface area contributed by atoms with Crippen LogP contribution < -0.4 is 0 Å². The Hall–Kier alpha value is 0.0135. The second kappa shape index (κ2) is 7990000. The molecular weight excluding hydrogens is 251 g/mol. The summed E-state index contributed by atoms with van der Waals surface area (Å²) in [5.74, 6) is 0. The van der Waals surface area contributed by atoms with E-state index in [0.717, 1.165) is 0 Å². The zero-order valence-corrected chi connectivity index (χ0v) is 7.30. The minimum absolute atomic E-state index is 0. The van der Waals surface area contributed by atoms with Crippen molar-refractivity contribution in [3.8, 4) is 0 Å². The van der Waals surface area contributed by atoms with E-state index in [0.29, 0.717) is 0 Å². The van der Waals surface area contributed by atoms with E-state index < -0.39 is 0 Å². The van der Waals surface area contributed by atoms with Crippen molar-refractivity contribution in [3.63, 3.8) is 0 Å². The van der Waals surface area contributed by atoms with Gasteiger partial charge in [-0.2, -0.15) is 0 Å². The molecule has 0 radical (unpaired) electrons. The maximum absolute atomic E-state index is 0. The minimum Gasteiger partial charge on any atom is -0.412 e. The molecule has 0 aliphatic rings. The molecule has 0 spiro atoms. The molecule has 0 bridgehead atoms. The molecule has 0 aromatic carbocycles. The van der Waals surface area contributed by atoms with Crippen LogP contribution in [0.25, 0.3) is 0 Å². The summed E-state index contributed by atoms with van der Waals surface area (Å²) in [7, 11) is 0. The van der Waals surface area contributed by atoms with E-state index in [2.05, 4.69) is 0 Å². The van der Waals surface area contributed by atoms with Gasteiger partial charge in [-0.3, -0.25) is 0 Å². The first-order chi connectivity index (χ1) is 0. The van der Waals surface area contributed by atoms with Crippen LogP contribution in [0.1, 0.15) is 0 Å². The summed E-state index contributed by atoms with van der Waals surface area (Å²) in [6.07, 6.45) is 0. The molecule has 12 nitrogen and oxygen atoms in total. The van der Waals surface area contributed by atoms with Gasteiger partial charge < -0.3 is 65.7 Å². The molecule has 0 aromatic rings. The first kappa shape index (κ1) is 10300000. The topological polar surface area (TPSA) is 378 Å². The summed E-state index contributed by atoms with van der Waals surface area (Å²) in [4.78, 5) is 0. The Morgan fingerprint density at radius 1 is 0.154 bits per heavy atom. The largest absolute Gasteiger partial charge is 0.412 e. The van der Waals surface area contributed by atoms with Gasteiger partial charge in [0, 0.05) is 16.5 Å². The number of rotatable bonds is 0. The maximum Gasteiger partial charge on any atom is 0 e. The SMILES string of the molecule is O.O.O.O.O.O.O.O.O.O.O.O.[Ni]. The van der Waals surface area contributed by atoms with Crippen molar-refractivity contribution in [1.29, 1.82) is 0 Å². The molecule has 106 valence electrons. The Bertz CT molecular complexity index is 5.09. The van der Waals surface area contributed by atoms with Crippen molar-refractivity contribution in [3.05, 3.63) is 0 Å². The average Bonchev–Trinajstić information content (AvgIpc) is 0. The molecule has 0 amide bonds. The molecule has 0 rings (SSSR count). The first-order valence-corrected chi connectivity index (χ1v) is 0. The Kier molecular flexibility index (Phi) is 6330000000000. The summed E-state index contributed by atoms with van der Waals surface area (Å²) in [5, 5.41) is 0. The minimum atomic E-state index is 0. The predicted octanol–water partition coefficient (Wildman–Crippen LogP) is -9.90. The van der Waals surface area contributed by atoms with Crippen LogP contribution in [0.15, 0.2) is 0 Å². The molecule has 0 fully saturated rings. The van der Waals surface area contributed by atoms with Gasteiger partial charge in [-0.05, 0) is 0 Å². The number of hydrogen-bond donors (Lipinski definition) is 0. The average molecular weight is 275 g/mol. The molecule has 0 unspecified atom stereocenters. The fraction of sp³-hybridized carbons (Fsp3) is 0. The molecule has 0 aliphatic heterocycles. The van der Waals surface area contributed by atoms with Crippen LogP contribution in [0.4, 0.5) is 0 Å². The van der Waals surface area contributed by atoms with E-state index in [4.69, 9.17) is 0 Å². The van der Waals surface area contributed by atoms with Gasteiger partial charge in [-0.1, -0.05) is 0 Å². The van der Waals surface area contributed by atoms with Gasteiger partial charge in [0.2, 0.25) is 0 Å². The summed E-state index contributed by atoms with van der Waals surface area (Å²) in [6, 6.07) is 0. The van der Waals surface area contributed by atoms with Crippen LogP contribution in [0.5, 0.6) is 0 Å². The van der Waals surface area contributed by atoms with E-state index in [1.807, 2.05) is 0 Å².